The van der Waals surface area contributed by atoms with Gasteiger partial charge in [-0.25, -0.2) is 0 Å². The van der Waals surface area contributed by atoms with Gasteiger partial charge in [0.2, 0.25) is 5.95 Å². The monoisotopic (exact) mass is 267 g/mol. The second kappa shape index (κ2) is 4.67. The smallest absolute Gasteiger partial charge is 0.224 e. The summed E-state index contributed by atoms with van der Waals surface area (Å²) in [6.45, 7) is 1.80. The van der Waals surface area contributed by atoms with E-state index in [-0.39, 0.29) is 0 Å². The van der Waals surface area contributed by atoms with Crippen molar-refractivity contribution in [2.75, 3.05) is 5.32 Å². The van der Waals surface area contributed by atoms with E-state index in [1.165, 1.54) is 29.3 Å². The lowest BCUT2D eigenvalue weighted by atomic mass is 10.1. The lowest BCUT2D eigenvalue weighted by Crippen LogP contribution is -2.14. The van der Waals surface area contributed by atoms with Crippen LogP contribution in [-0.2, 0) is 19.5 Å². The maximum absolute atomic E-state index is 4.26. The first-order valence-corrected chi connectivity index (χ1v) is 7.12. The number of aromatic nitrogens is 4. The summed E-state index contributed by atoms with van der Waals surface area (Å²) in [5.74, 6) is 2.00. The van der Waals surface area contributed by atoms with Gasteiger partial charge in [0.1, 0.15) is 5.82 Å². The van der Waals surface area contributed by atoms with Crippen LogP contribution >= 0.6 is 0 Å². The van der Waals surface area contributed by atoms with Crippen LogP contribution < -0.4 is 5.32 Å². The Morgan fingerprint density at radius 1 is 1.20 bits per heavy atom. The van der Waals surface area contributed by atoms with Crippen LogP contribution in [0.3, 0.4) is 0 Å². The summed E-state index contributed by atoms with van der Waals surface area (Å²) in [6, 6.07) is 8.55. The summed E-state index contributed by atoms with van der Waals surface area (Å²) in [6.07, 6.45) is 5.45. The van der Waals surface area contributed by atoms with Gasteiger partial charge in [0.25, 0.3) is 0 Å². The van der Waals surface area contributed by atoms with Crippen molar-refractivity contribution in [2.45, 2.75) is 32.4 Å². The Labute approximate surface area is 117 Å². The van der Waals surface area contributed by atoms with Gasteiger partial charge in [0.15, 0.2) is 0 Å². The van der Waals surface area contributed by atoms with E-state index in [0.717, 1.165) is 31.3 Å². The molecule has 5 nitrogen and oxygen atoms in total. The average Bonchev–Trinajstić information content (AvgIpc) is 3.11. The Morgan fingerprint density at radius 3 is 3.20 bits per heavy atom. The number of H-pyrrole nitrogens is 1. The van der Waals surface area contributed by atoms with Crippen molar-refractivity contribution in [3.63, 3.8) is 0 Å². The first-order valence-electron chi connectivity index (χ1n) is 7.12. The average molecular weight is 267 g/mol. The summed E-state index contributed by atoms with van der Waals surface area (Å²) >= 11 is 0. The van der Waals surface area contributed by atoms with Crippen molar-refractivity contribution >= 4 is 16.9 Å². The van der Waals surface area contributed by atoms with Crippen molar-refractivity contribution in [3.05, 3.63) is 41.9 Å². The van der Waals surface area contributed by atoms with Crippen LogP contribution in [0.15, 0.2) is 30.5 Å². The third kappa shape index (κ3) is 1.95. The maximum Gasteiger partial charge on any atom is 0.224 e. The quantitative estimate of drug-likeness (QED) is 0.767. The second-order valence-corrected chi connectivity index (χ2v) is 5.30. The van der Waals surface area contributed by atoms with E-state index in [0.29, 0.717) is 0 Å². The first kappa shape index (κ1) is 11.5. The molecule has 0 spiro atoms. The van der Waals surface area contributed by atoms with Gasteiger partial charge in [-0.3, -0.25) is 4.57 Å². The molecule has 20 heavy (non-hydrogen) atoms. The molecule has 0 saturated heterocycles. The highest BCUT2D eigenvalue weighted by Crippen LogP contribution is 2.19. The molecule has 1 aliphatic rings. The number of hydrogen-bond acceptors (Lipinski definition) is 3. The minimum absolute atomic E-state index is 0.771. The number of aryl methyl sites for hydroxylation is 1. The van der Waals surface area contributed by atoms with Gasteiger partial charge in [-0.05, 0) is 35.9 Å². The number of hydrogen-bond donors (Lipinski definition) is 2. The van der Waals surface area contributed by atoms with Gasteiger partial charge < -0.3 is 10.3 Å². The molecule has 1 aliphatic heterocycles. The van der Waals surface area contributed by atoms with Gasteiger partial charge in [0, 0.05) is 31.2 Å². The number of rotatable bonds is 3. The normalized spacial score (nSPS) is 14.4. The highest BCUT2D eigenvalue weighted by Gasteiger charge is 2.15. The molecule has 2 N–H and O–H groups in total. The topological polar surface area (TPSA) is 58.5 Å². The Balaban J connectivity index is 1.53. The Bertz CT molecular complexity index is 740. The van der Waals surface area contributed by atoms with Crippen LogP contribution in [-0.4, -0.2) is 19.7 Å². The molecule has 0 fully saturated rings. The molecule has 3 aromatic rings. The standard InChI is InChI=1S/C15H17N5/c1-2-8-20-14(3-1)18-19-15(20)17-10-11-4-5-12-6-7-16-13(12)9-11/h4-7,9,16H,1-3,8,10H2,(H,17,19). The van der Waals surface area contributed by atoms with Gasteiger partial charge >= 0.3 is 0 Å². The van der Waals surface area contributed by atoms with Gasteiger partial charge in [-0.15, -0.1) is 10.2 Å². The van der Waals surface area contributed by atoms with Gasteiger partial charge in [-0.1, -0.05) is 12.1 Å². The zero-order valence-corrected chi connectivity index (χ0v) is 11.3. The van der Waals surface area contributed by atoms with Crippen LogP contribution in [0.4, 0.5) is 5.95 Å². The molecule has 0 atom stereocenters. The first-order chi connectivity index (χ1) is 9.90. The van der Waals surface area contributed by atoms with E-state index >= 15 is 0 Å². The Morgan fingerprint density at radius 2 is 2.20 bits per heavy atom. The molecule has 102 valence electrons. The lowest BCUT2D eigenvalue weighted by molar-refractivity contribution is 0.525. The largest absolute Gasteiger partial charge is 0.361 e. The summed E-state index contributed by atoms with van der Waals surface area (Å²) in [7, 11) is 0. The minimum atomic E-state index is 0.771. The van der Waals surface area contributed by atoms with Crippen LogP contribution in [0, 0.1) is 0 Å². The molecule has 0 aliphatic carbocycles. The minimum Gasteiger partial charge on any atom is -0.361 e. The van der Waals surface area contributed by atoms with E-state index in [1.807, 2.05) is 6.20 Å². The number of benzene rings is 1. The SMILES string of the molecule is c1cc2ccc(CNc3nnc4n3CCCC4)cc2[nH]1. The summed E-state index contributed by atoms with van der Waals surface area (Å²) in [5.41, 5.74) is 2.42. The fraction of sp³-hybridized carbons (Fsp3) is 0.333. The molecule has 0 unspecified atom stereocenters. The fourth-order valence-corrected chi connectivity index (χ4v) is 2.83. The van der Waals surface area contributed by atoms with Crippen LogP contribution in [0.25, 0.3) is 10.9 Å². The van der Waals surface area contributed by atoms with Gasteiger partial charge in [0.05, 0.1) is 0 Å². The molecular formula is C15H17N5. The molecule has 0 radical (unpaired) electrons. The fourth-order valence-electron chi connectivity index (χ4n) is 2.83. The molecule has 0 amide bonds. The molecule has 2 aromatic heterocycles. The molecule has 4 rings (SSSR count). The van der Waals surface area contributed by atoms with Crippen molar-refractivity contribution in [3.8, 4) is 0 Å². The molecule has 1 aromatic carbocycles. The van der Waals surface area contributed by atoms with Crippen LogP contribution in [0.5, 0.6) is 0 Å². The predicted molar refractivity (Wildman–Crippen MR) is 78.6 cm³/mol. The number of anilines is 1. The highest BCUT2D eigenvalue weighted by atomic mass is 15.3. The zero-order chi connectivity index (χ0) is 13.4. The van der Waals surface area contributed by atoms with Crippen molar-refractivity contribution in [2.24, 2.45) is 0 Å². The molecule has 5 heteroatoms. The van der Waals surface area contributed by atoms with Crippen LogP contribution in [0.1, 0.15) is 24.2 Å². The highest BCUT2D eigenvalue weighted by molar-refractivity contribution is 5.79. The second-order valence-electron chi connectivity index (χ2n) is 5.30. The molecule has 0 bridgehead atoms. The Kier molecular flexibility index (Phi) is 2.69. The zero-order valence-electron chi connectivity index (χ0n) is 11.3. The molecular weight excluding hydrogens is 250 g/mol. The van der Waals surface area contributed by atoms with Crippen LogP contribution in [0.2, 0.25) is 0 Å². The summed E-state index contributed by atoms with van der Waals surface area (Å²) in [4.78, 5) is 3.24. The van der Waals surface area contributed by atoms with E-state index in [9.17, 15) is 0 Å². The van der Waals surface area contributed by atoms with Gasteiger partial charge in [-0.2, -0.15) is 0 Å². The molecule has 0 saturated carbocycles. The van der Waals surface area contributed by atoms with Crippen molar-refractivity contribution in [1.82, 2.24) is 19.7 Å². The number of nitrogens with zero attached hydrogens (tertiary/aromatic N) is 3. The third-order valence-electron chi connectivity index (χ3n) is 3.93. The molecule has 3 heterocycles. The van der Waals surface area contributed by atoms with E-state index in [2.05, 4.69) is 49.3 Å². The third-order valence-corrected chi connectivity index (χ3v) is 3.93. The van der Waals surface area contributed by atoms with E-state index in [4.69, 9.17) is 0 Å². The van der Waals surface area contributed by atoms with E-state index < -0.39 is 0 Å². The maximum atomic E-state index is 4.26. The number of nitrogens with one attached hydrogen (secondary N) is 2. The summed E-state index contributed by atoms with van der Waals surface area (Å²) in [5, 5.41) is 13.2. The summed E-state index contributed by atoms with van der Waals surface area (Å²) < 4.78 is 2.21. The Hall–Kier alpha value is -2.30. The van der Waals surface area contributed by atoms with E-state index in [1.54, 1.807) is 0 Å². The lowest BCUT2D eigenvalue weighted by Gasteiger charge is -2.15. The number of fused-ring (bicyclic) bond motifs is 2. The number of aromatic amines is 1. The van der Waals surface area contributed by atoms with Crippen molar-refractivity contribution < 1.29 is 0 Å². The van der Waals surface area contributed by atoms with Crippen molar-refractivity contribution in [1.29, 1.82) is 0 Å². The predicted octanol–water partition coefficient (Wildman–Crippen LogP) is 2.71.